The van der Waals surface area contributed by atoms with E-state index in [0.29, 0.717) is 0 Å². The zero-order valence-electron chi connectivity index (χ0n) is 12.1. The van der Waals surface area contributed by atoms with E-state index < -0.39 is 0 Å². The topological polar surface area (TPSA) is 37.4 Å². The molecule has 1 N–H and O–H groups in total. The van der Waals surface area contributed by atoms with Crippen LogP contribution in [0.2, 0.25) is 0 Å². The van der Waals surface area contributed by atoms with E-state index >= 15 is 0 Å². The highest BCUT2D eigenvalue weighted by molar-refractivity contribution is 5.44. The molecule has 3 heterocycles. The number of piperidine rings is 1. The maximum absolute atomic E-state index is 6.06. The molecule has 0 aliphatic carbocycles. The molecule has 2 aliphatic heterocycles. The highest BCUT2D eigenvalue weighted by atomic mass is 16.5. The second-order valence-corrected chi connectivity index (χ2v) is 4.91. The quantitative estimate of drug-likeness (QED) is 0.841. The Bertz CT molecular complexity index is 357. The van der Waals surface area contributed by atoms with Crippen molar-refractivity contribution in [3.05, 3.63) is 24.5 Å². The molecule has 4 nitrogen and oxygen atoms in total. The SMILES string of the molecule is CC.c1cncc(N2CCOC3(CCNCC3)C2)c1. The number of morpholine rings is 1. The van der Waals surface area contributed by atoms with Gasteiger partial charge in [0.05, 0.1) is 24.1 Å². The fraction of sp³-hybridized carbons (Fsp3) is 0.667. The van der Waals surface area contributed by atoms with Crippen molar-refractivity contribution >= 4 is 5.69 Å². The lowest BCUT2D eigenvalue weighted by Gasteiger charge is -2.45. The predicted molar refractivity (Wildman–Crippen MR) is 78.6 cm³/mol. The summed E-state index contributed by atoms with van der Waals surface area (Å²) < 4.78 is 6.06. The largest absolute Gasteiger partial charge is 0.371 e. The van der Waals surface area contributed by atoms with Gasteiger partial charge < -0.3 is 15.0 Å². The van der Waals surface area contributed by atoms with Crippen LogP contribution < -0.4 is 10.2 Å². The first-order valence-electron chi connectivity index (χ1n) is 7.38. The fourth-order valence-electron chi connectivity index (χ4n) is 2.79. The van der Waals surface area contributed by atoms with Crippen molar-refractivity contribution in [1.82, 2.24) is 10.3 Å². The van der Waals surface area contributed by atoms with Gasteiger partial charge in [-0.05, 0) is 38.1 Å². The van der Waals surface area contributed by atoms with Crippen LogP contribution >= 0.6 is 0 Å². The third kappa shape index (κ3) is 3.45. The average Bonchev–Trinajstić information content (AvgIpc) is 2.51. The second kappa shape index (κ2) is 6.87. The molecule has 19 heavy (non-hydrogen) atoms. The van der Waals surface area contributed by atoms with Gasteiger partial charge in [-0.3, -0.25) is 4.98 Å². The van der Waals surface area contributed by atoms with E-state index in [1.807, 2.05) is 32.3 Å². The highest BCUT2D eigenvalue weighted by Crippen LogP contribution is 2.29. The minimum atomic E-state index is 0.0688. The van der Waals surface area contributed by atoms with Crippen LogP contribution in [0.4, 0.5) is 5.69 Å². The van der Waals surface area contributed by atoms with Gasteiger partial charge in [-0.15, -0.1) is 0 Å². The minimum Gasteiger partial charge on any atom is -0.371 e. The summed E-state index contributed by atoms with van der Waals surface area (Å²) in [6.07, 6.45) is 6.00. The summed E-state index contributed by atoms with van der Waals surface area (Å²) in [5.41, 5.74) is 1.29. The third-order valence-corrected chi connectivity index (χ3v) is 3.77. The molecule has 0 atom stereocenters. The van der Waals surface area contributed by atoms with Crippen LogP contribution in [0.5, 0.6) is 0 Å². The molecule has 1 aromatic rings. The molecular weight excluding hydrogens is 238 g/mol. The molecule has 1 aromatic heterocycles. The number of nitrogens with zero attached hydrogens (tertiary/aromatic N) is 2. The van der Waals surface area contributed by atoms with E-state index in [4.69, 9.17) is 4.74 Å². The molecule has 2 saturated heterocycles. The Kier molecular flexibility index (Phi) is 5.16. The van der Waals surface area contributed by atoms with Crippen molar-refractivity contribution in [2.75, 3.05) is 37.7 Å². The number of rotatable bonds is 1. The van der Waals surface area contributed by atoms with E-state index in [1.165, 1.54) is 5.69 Å². The van der Waals surface area contributed by atoms with Crippen molar-refractivity contribution in [3.8, 4) is 0 Å². The van der Waals surface area contributed by atoms with Crippen LogP contribution in [0.1, 0.15) is 26.7 Å². The van der Waals surface area contributed by atoms with Crippen LogP contribution in [0.3, 0.4) is 0 Å². The number of pyridine rings is 1. The van der Waals surface area contributed by atoms with Crippen LogP contribution in [0, 0.1) is 0 Å². The monoisotopic (exact) mass is 263 g/mol. The lowest BCUT2D eigenvalue weighted by atomic mass is 9.90. The normalized spacial score (nSPS) is 21.7. The van der Waals surface area contributed by atoms with Gasteiger partial charge in [0, 0.05) is 19.3 Å². The van der Waals surface area contributed by atoms with Crippen molar-refractivity contribution in [2.24, 2.45) is 0 Å². The number of hydrogen-bond acceptors (Lipinski definition) is 4. The van der Waals surface area contributed by atoms with Gasteiger partial charge in [0.2, 0.25) is 0 Å². The van der Waals surface area contributed by atoms with Gasteiger partial charge >= 0.3 is 0 Å². The Morgan fingerprint density at radius 3 is 2.79 bits per heavy atom. The van der Waals surface area contributed by atoms with Gasteiger partial charge in [0.15, 0.2) is 0 Å². The van der Waals surface area contributed by atoms with Gasteiger partial charge in [-0.2, -0.15) is 0 Å². The number of hydrogen-bond donors (Lipinski definition) is 1. The van der Waals surface area contributed by atoms with E-state index in [2.05, 4.69) is 21.3 Å². The number of anilines is 1. The summed E-state index contributed by atoms with van der Waals surface area (Å²) >= 11 is 0. The standard InChI is InChI=1S/C13H19N3O.C2H6/c1-2-12(10-15-5-1)16-8-9-17-13(11-16)3-6-14-7-4-13;1-2/h1-2,5,10,14H,3-4,6-9,11H2;1-2H3. The maximum atomic E-state index is 6.06. The Balaban J connectivity index is 0.000000637. The lowest BCUT2D eigenvalue weighted by Crippen LogP contribution is -2.56. The minimum absolute atomic E-state index is 0.0688. The summed E-state index contributed by atoms with van der Waals surface area (Å²) in [5.74, 6) is 0. The molecule has 0 aromatic carbocycles. The van der Waals surface area contributed by atoms with E-state index in [9.17, 15) is 0 Å². The number of aromatic nitrogens is 1. The Labute approximate surface area is 116 Å². The summed E-state index contributed by atoms with van der Waals surface area (Å²) in [6.45, 7) is 8.94. The molecule has 1 spiro atoms. The van der Waals surface area contributed by atoms with Crippen LogP contribution in [-0.2, 0) is 4.74 Å². The smallest absolute Gasteiger partial charge is 0.0881 e. The van der Waals surface area contributed by atoms with Crippen LogP contribution in [-0.4, -0.2) is 43.4 Å². The highest BCUT2D eigenvalue weighted by Gasteiger charge is 2.37. The van der Waals surface area contributed by atoms with E-state index in [-0.39, 0.29) is 5.60 Å². The summed E-state index contributed by atoms with van der Waals surface area (Å²) in [7, 11) is 0. The Morgan fingerprint density at radius 2 is 2.11 bits per heavy atom. The van der Waals surface area contributed by atoms with Crippen molar-refractivity contribution < 1.29 is 4.74 Å². The summed E-state index contributed by atoms with van der Waals surface area (Å²) in [5, 5.41) is 3.40. The molecule has 0 radical (unpaired) electrons. The molecule has 0 bridgehead atoms. The van der Waals surface area contributed by atoms with Crippen LogP contribution in [0.15, 0.2) is 24.5 Å². The molecule has 3 rings (SSSR count). The van der Waals surface area contributed by atoms with Gasteiger partial charge in [0.1, 0.15) is 0 Å². The van der Waals surface area contributed by atoms with Crippen LogP contribution in [0.25, 0.3) is 0 Å². The number of ether oxygens (including phenoxy) is 1. The number of nitrogens with one attached hydrogen (secondary N) is 1. The molecule has 2 aliphatic rings. The predicted octanol–water partition coefficient (Wildman–Crippen LogP) is 2.07. The van der Waals surface area contributed by atoms with Crippen molar-refractivity contribution in [2.45, 2.75) is 32.3 Å². The van der Waals surface area contributed by atoms with Crippen molar-refractivity contribution in [3.63, 3.8) is 0 Å². The zero-order chi connectivity index (χ0) is 13.6. The Morgan fingerprint density at radius 1 is 1.32 bits per heavy atom. The molecule has 0 amide bonds. The van der Waals surface area contributed by atoms with Gasteiger partial charge in [-0.1, -0.05) is 13.8 Å². The van der Waals surface area contributed by atoms with Crippen molar-refractivity contribution in [1.29, 1.82) is 0 Å². The second-order valence-electron chi connectivity index (χ2n) is 4.91. The lowest BCUT2D eigenvalue weighted by molar-refractivity contribution is -0.0738. The molecular formula is C15H25N3O. The first kappa shape index (κ1) is 14.3. The molecule has 0 saturated carbocycles. The first-order chi connectivity index (χ1) is 9.38. The molecule has 2 fully saturated rings. The maximum Gasteiger partial charge on any atom is 0.0881 e. The van der Waals surface area contributed by atoms with E-state index in [1.54, 1.807) is 0 Å². The Hall–Kier alpha value is -1.13. The third-order valence-electron chi connectivity index (χ3n) is 3.77. The van der Waals surface area contributed by atoms with Gasteiger partial charge in [0.25, 0.3) is 0 Å². The molecule has 0 unspecified atom stereocenters. The zero-order valence-corrected chi connectivity index (χ0v) is 12.1. The van der Waals surface area contributed by atoms with Gasteiger partial charge in [-0.25, -0.2) is 0 Å². The fourth-order valence-corrected chi connectivity index (χ4v) is 2.79. The van der Waals surface area contributed by atoms with E-state index in [0.717, 1.165) is 45.6 Å². The molecule has 106 valence electrons. The first-order valence-corrected chi connectivity index (χ1v) is 7.38. The summed E-state index contributed by atoms with van der Waals surface area (Å²) in [6, 6.07) is 4.13. The molecule has 4 heteroatoms. The average molecular weight is 263 g/mol. The summed E-state index contributed by atoms with van der Waals surface area (Å²) in [4.78, 5) is 6.60.